The number of carbonyl (C=O) groups is 1. The van der Waals surface area contributed by atoms with Crippen LogP contribution in [0.1, 0.15) is 38.5 Å². The number of nitrogens with zero attached hydrogens (tertiary/aromatic N) is 2. The molecule has 0 unspecified atom stereocenters. The molecule has 0 spiro atoms. The van der Waals surface area contributed by atoms with Crippen LogP contribution in [0, 0.1) is 11.7 Å². The molecule has 0 aromatic heterocycles. The first-order valence-electron chi connectivity index (χ1n) is 11.8. The first-order chi connectivity index (χ1) is 16.7. The van der Waals surface area contributed by atoms with E-state index in [1.165, 1.54) is 32.9 Å². The predicted molar refractivity (Wildman–Crippen MR) is 130 cm³/mol. The first-order valence-corrected chi connectivity index (χ1v) is 14.7. The molecule has 2 aromatic carbocycles. The molecule has 0 bridgehead atoms. The second-order valence-electron chi connectivity index (χ2n) is 8.99. The fourth-order valence-electron chi connectivity index (χ4n) is 4.52. The lowest BCUT2D eigenvalue weighted by atomic mass is 9.99. The minimum atomic E-state index is -3.84. The Hall–Kier alpha value is -2.34. The van der Waals surface area contributed by atoms with E-state index < -0.39 is 31.8 Å². The summed E-state index contributed by atoms with van der Waals surface area (Å²) in [6.07, 6.45) is 4.81. The number of benzene rings is 2. The minimum absolute atomic E-state index is 0.0128. The van der Waals surface area contributed by atoms with E-state index in [2.05, 4.69) is 5.32 Å². The Balaban J connectivity index is 1.40. The number of anilines is 1. The van der Waals surface area contributed by atoms with E-state index in [1.807, 2.05) is 0 Å². The third-order valence-electron chi connectivity index (χ3n) is 6.53. The van der Waals surface area contributed by atoms with Gasteiger partial charge in [0.2, 0.25) is 26.0 Å². The van der Waals surface area contributed by atoms with E-state index >= 15 is 0 Å². The lowest BCUT2D eigenvalue weighted by Crippen LogP contribution is -2.43. The van der Waals surface area contributed by atoms with Crippen LogP contribution in [0.4, 0.5) is 10.1 Å². The van der Waals surface area contributed by atoms with Crippen LogP contribution in [0.2, 0.25) is 0 Å². The number of rotatable bonds is 6. The van der Waals surface area contributed by atoms with Crippen molar-refractivity contribution >= 4 is 31.6 Å². The number of amides is 1. The molecule has 11 heteroatoms. The van der Waals surface area contributed by atoms with Crippen molar-refractivity contribution in [2.24, 2.45) is 5.92 Å². The van der Waals surface area contributed by atoms with Crippen molar-refractivity contribution in [2.75, 3.05) is 31.5 Å². The van der Waals surface area contributed by atoms with Crippen LogP contribution in [0.15, 0.2) is 58.3 Å². The summed E-state index contributed by atoms with van der Waals surface area (Å²) in [5, 5.41) is 2.78. The van der Waals surface area contributed by atoms with E-state index in [0.29, 0.717) is 31.6 Å². The maximum Gasteiger partial charge on any atom is 0.243 e. The Morgan fingerprint density at radius 2 is 1.26 bits per heavy atom. The van der Waals surface area contributed by atoms with E-state index in [1.54, 1.807) is 12.1 Å². The highest BCUT2D eigenvalue weighted by Gasteiger charge is 2.33. The number of hydrogen-bond acceptors (Lipinski definition) is 5. The molecule has 4 rings (SSSR count). The molecule has 1 amide bonds. The van der Waals surface area contributed by atoms with Crippen molar-refractivity contribution in [3.05, 3.63) is 54.3 Å². The Kier molecular flexibility index (Phi) is 7.89. The summed E-state index contributed by atoms with van der Waals surface area (Å²) in [5.41, 5.74) is 0.448. The molecule has 1 N–H and O–H groups in total. The van der Waals surface area contributed by atoms with E-state index in [-0.39, 0.29) is 28.8 Å². The molecule has 2 heterocycles. The van der Waals surface area contributed by atoms with Crippen molar-refractivity contribution in [3.63, 3.8) is 0 Å². The molecule has 190 valence electrons. The number of piperidine rings is 1. The second kappa shape index (κ2) is 10.7. The van der Waals surface area contributed by atoms with Crippen molar-refractivity contribution in [3.8, 4) is 0 Å². The fraction of sp³-hybridized carbons (Fsp3) is 0.458. The third-order valence-corrected chi connectivity index (χ3v) is 10.3. The van der Waals surface area contributed by atoms with Gasteiger partial charge in [-0.3, -0.25) is 4.79 Å². The first kappa shape index (κ1) is 25.7. The van der Waals surface area contributed by atoms with Crippen LogP contribution >= 0.6 is 0 Å². The van der Waals surface area contributed by atoms with Gasteiger partial charge in [-0.2, -0.15) is 8.61 Å². The van der Waals surface area contributed by atoms with Crippen molar-refractivity contribution < 1.29 is 26.0 Å². The average Bonchev–Trinajstić information content (AvgIpc) is 3.15. The van der Waals surface area contributed by atoms with Crippen LogP contribution in [-0.2, 0) is 24.8 Å². The van der Waals surface area contributed by atoms with Gasteiger partial charge in [0.25, 0.3) is 0 Å². The summed E-state index contributed by atoms with van der Waals surface area (Å²) in [4.78, 5) is 13.1. The summed E-state index contributed by atoms with van der Waals surface area (Å²) < 4.78 is 67.7. The molecule has 1 atom stereocenters. The van der Waals surface area contributed by atoms with Gasteiger partial charge in [0.05, 0.1) is 15.7 Å². The molecule has 2 aromatic rings. The number of halogens is 1. The normalized spacial score (nSPS) is 20.8. The van der Waals surface area contributed by atoms with Crippen LogP contribution in [0.5, 0.6) is 0 Å². The summed E-state index contributed by atoms with van der Waals surface area (Å²) in [5.74, 6) is -1.41. The molecular weight excluding hydrogens is 493 g/mol. The molecule has 35 heavy (non-hydrogen) atoms. The van der Waals surface area contributed by atoms with Gasteiger partial charge < -0.3 is 5.32 Å². The highest BCUT2D eigenvalue weighted by Crippen LogP contribution is 2.26. The number of carbonyl (C=O) groups excluding carboxylic acids is 1. The zero-order chi connectivity index (χ0) is 25.1. The summed E-state index contributed by atoms with van der Waals surface area (Å²) in [6, 6.07) is 10.7. The summed E-state index contributed by atoms with van der Waals surface area (Å²) in [7, 11) is -7.42. The molecular formula is C24H30FN3O5S2. The highest BCUT2D eigenvalue weighted by molar-refractivity contribution is 7.89. The van der Waals surface area contributed by atoms with Gasteiger partial charge in [-0.05, 0) is 74.2 Å². The minimum Gasteiger partial charge on any atom is -0.326 e. The maximum absolute atomic E-state index is 13.2. The monoisotopic (exact) mass is 523 g/mol. The molecule has 8 nitrogen and oxygen atoms in total. The molecule has 0 saturated carbocycles. The standard InChI is InChI=1S/C24H30FN3O5S2/c25-20-7-11-22(12-8-20)35(32,33)28-17-5-6-19(18-28)24(29)26-21-9-13-23(14-10-21)34(30,31)27-15-3-1-2-4-16-27/h7-14,19H,1-6,15-18H2,(H,26,29)/t19-/m0/s1. The topological polar surface area (TPSA) is 104 Å². The van der Waals surface area contributed by atoms with E-state index in [0.717, 1.165) is 37.8 Å². The van der Waals surface area contributed by atoms with Crippen molar-refractivity contribution in [1.82, 2.24) is 8.61 Å². The summed E-state index contributed by atoms with van der Waals surface area (Å²) in [6.45, 7) is 1.33. The predicted octanol–water partition coefficient (Wildman–Crippen LogP) is 3.43. The van der Waals surface area contributed by atoms with E-state index in [9.17, 15) is 26.0 Å². The molecule has 0 aliphatic carbocycles. The third kappa shape index (κ3) is 5.91. The fourth-order valence-corrected chi connectivity index (χ4v) is 7.56. The largest absolute Gasteiger partial charge is 0.326 e. The van der Waals surface area contributed by atoms with Crippen LogP contribution < -0.4 is 5.32 Å². The molecule has 2 aliphatic heterocycles. The quantitative estimate of drug-likeness (QED) is 0.625. The average molecular weight is 524 g/mol. The Labute approximate surface area is 206 Å². The van der Waals surface area contributed by atoms with Crippen molar-refractivity contribution in [2.45, 2.75) is 48.3 Å². The van der Waals surface area contributed by atoms with Gasteiger partial charge in [0.15, 0.2) is 0 Å². The zero-order valence-corrected chi connectivity index (χ0v) is 21.0. The number of hydrogen-bond donors (Lipinski definition) is 1. The van der Waals surface area contributed by atoms with Crippen LogP contribution in [0.25, 0.3) is 0 Å². The Bertz CT molecular complexity index is 1240. The van der Waals surface area contributed by atoms with Gasteiger partial charge in [-0.15, -0.1) is 0 Å². The highest BCUT2D eigenvalue weighted by atomic mass is 32.2. The SMILES string of the molecule is O=C(Nc1ccc(S(=O)(=O)N2CCCCCC2)cc1)[C@H]1CCCN(S(=O)(=O)c2ccc(F)cc2)C1. The summed E-state index contributed by atoms with van der Waals surface area (Å²) >= 11 is 0. The maximum atomic E-state index is 13.2. The van der Waals surface area contributed by atoms with Gasteiger partial charge in [-0.1, -0.05) is 12.8 Å². The second-order valence-corrected chi connectivity index (χ2v) is 12.9. The lowest BCUT2D eigenvalue weighted by molar-refractivity contribution is -0.120. The van der Waals surface area contributed by atoms with Gasteiger partial charge >= 0.3 is 0 Å². The van der Waals surface area contributed by atoms with Crippen LogP contribution in [0.3, 0.4) is 0 Å². The van der Waals surface area contributed by atoms with E-state index in [4.69, 9.17) is 0 Å². The van der Waals surface area contributed by atoms with Crippen molar-refractivity contribution in [1.29, 1.82) is 0 Å². The number of sulfonamides is 2. The van der Waals surface area contributed by atoms with Gasteiger partial charge in [0.1, 0.15) is 5.82 Å². The smallest absolute Gasteiger partial charge is 0.243 e. The molecule has 2 aliphatic rings. The lowest BCUT2D eigenvalue weighted by Gasteiger charge is -2.31. The van der Waals surface area contributed by atoms with Gasteiger partial charge in [0, 0.05) is 31.9 Å². The Morgan fingerprint density at radius 1 is 0.743 bits per heavy atom. The van der Waals surface area contributed by atoms with Crippen LogP contribution in [-0.4, -0.2) is 57.5 Å². The number of nitrogens with one attached hydrogen (secondary N) is 1. The zero-order valence-electron chi connectivity index (χ0n) is 19.4. The van der Waals surface area contributed by atoms with Gasteiger partial charge in [-0.25, -0.2) is 21.2 Å². The Morgan fingerprint density at radius 3 is 1.86 bits per heavy atom. The molecule has 2 saturated heterocycles. The molecule has 0 radical (unpaired) electrons. The molecule has 2 fully saturated rings.